The first-order valence-corrected chi connectivity index (χ1v) is 12.0. The lowest BCUT2D eigenvalue weighted by Gasteiger charge is -2.49. The average Bonchev–Trinajstić information content (AvgIpc) is 2.87. The van der Waals surface area contributed by atoms with Gasteiger partial charge in [-0.25, -0.2) is 0 Å². The molecule has 0 aliphatic carbocycles. The summed E-state index contributed by atoms with van der Waals surface area (Å²) in [6.07, 6.45) is 2.92. The third-order valence-electron chi connectivity index (χ3n) is 5.73. The number of hydrogen-bond donors (Lipinski definition) is 0. The van der Waals surface area contributed by atoms with Gasteiger partial charge in [0.05, 0.1) is 17.8 Å². The van der Waals surface area contributed by atoms with Crippen molar-refractivity contribution in [1.82, 2.24) is 9.88 Å². The van der Waals surface area contributed by atoms with Gasteiger partial charge in [0.1, 0.15) is 5.37 Å². The molecule has 0 saturated carbocycles. The van der Waals surface area contributed by atoms with Gasteiger partial charge in [0, 0.05) is 11.9 Å². The standard InChI is InChI=1S/C26H21ClN2O3S/c27-26(16-29-23(30)21(24(29)33-17-26)15-20-13-7-8-14-28-20)25(31)32-22(18-9-3-1-4-10-18)19-11-5-2-6-12-19/h1-15,22,24H,16-17H2/t24-,26?/m1/s1. The molecule has 5 nitrogen and oxygen atoms in total. The summed E-state index contributed by atoms with van der Waals surface area (Å²) in [6, 6.07) is 24.7. The number of aromatic nitrogens is 1. The van der Waals surface area contributed by atoms with Crippen LogP contribution in [-0.4, -0.2) is 44.3 Å². The molecule has 1 amide bonds. The number of fused-ring (bicyclic) bond motifs is 1. The quantitative estimate of drug-likeness (QED) is 0.231. The van der Waals surface area contributed by atoms with Gasteiger partial charge in [0.15, 0.2) is 11.0 Å². The third kappa shape index (κ3) is 4.28. The molecule has 0 spiro atoms. The van der Waals surface area contributed by atoms with Crippen molar-refractivity contribution in [3.05, 3.63) is 107 Å². The second-order valence-corrected chi connectivity index (χ2v) is 9.81. The van der Waals surface area contributed by atoms with Crippen molar-refractivity contribution in [3.8, 4) is 0 Å². The molecule has 3 heterocycles. The summed E-state index contributed by atoms with van der Waals surface area (Å²) < 4.78 is 5.98. The molecule has 33 heavy (non-hydrogen) atoms. The second kappa shape index (κ2) is 9.04. The Kier molecular flexibility index (Phi) is 5.96. The Bertz CT molecular complexity index is 1150. The molecule has 2 atom stereocenters. The van der Waals surface area contributed by atoms with Gasteiger partial charge in [0.25, 0.3) is 5.91 Å². The van der Waals surface area contributed by atoms with E-state index >= 15 is 0 Å². The van der Waals surface area contributed by atoms with Crippen LogP contribution in [0.5, 0.6) is 0 Å². The summed E-state index contributed by atoms with van der Waals surface area (Å²) in [7, 11) is 0. The highest BCUT2D eigenvalue weighted by atomic mass is 35.5. The average molecular weight is 477 g/mol. The lowest BCUT2D eigenvalue weighted by molar-refractivity contribution is -0.152. The Labute approximate surface area is 201 Å². The lowest BCUT2D eigenvalue weighted by atomic mass is 9.99. The van der Waals surface area contributed by atoms with E-state index in [2.05, 4.69) is 4.98 Å². The van der Waals surface area contributed by atoms with Crippen molar-refractivity contribution in [2.75, 3.05) is 12.3 Å². The minimum atomic E-state index is -1.31. The van der Waals surface area contributed by atoms with Gasteiger partial charge in [0.2, 0.25) is 0 Å². The molecule has 5 rings (SSSR count). The first-order valence-electron chi connectivity index (χ1n) is 10.6. The van der Waals surface area contributed by atoms with Gasteiger partial charge >= 0.3 is 5.97 Å². The van der Waals surface area contributed by atoms with Crippen molar-refractivity contribution < 1.29 is 14.3 Å². The molecular formula is C26H21ClN2O3S. The van der Waals surface area contributed by atoms with Gasteiger partial charge in [-0.1, -0.05) is 66.7 Å². The topological polar surface area (TPSA) is 59.5 Å². The predicted molar refractivity (Wildman–Crippen MR) is 130 cm³/mol. The molecular weight excluding hydrogens is 456 g/mol. The van der Waals surface area contributed by atoms with E-state index in [1.165, 1.54) is 11.8 Å². The van der Waals surface area contributed by atoms with Crippen LogP contribution in [0.3, 0.4) is 0 Å². The Morgan fingerprint density at radius 3 is 2.30 bits per heavy atom. The van der Waals surface area contributed by atoms with Crippen LogP contribution in [0, 0.1) is 0 Å². The SMILES string of the molecule is O=C1C(=Cc2ccccn2)[C@H]2SCC(Cl)(C(=O)OC(c3ccccc3)c3ccccc3)CN12. The largest absolute Gasteiger partial charge is 0.451 e. The number of hydrogen-bond acceptors (Lipinski definition) is 5. The molecule has 2 saturated heterocycles. The molecule has 0 radical (unpaired) electrons. The number of halogens is 1. The molecule has 0 N–H and O–H groups in total. The maximum atomic E-state index is 13.3. The number of alkyl halides is 1. The predicted octanol–water partition coefficient (Wildman–Crippen LogP) is 4.69. The number of amides is 1. The number of ether oxygens (including phenoxy) is 1. The zero-order valence-corrected chi connectivity index (χ0v) is 19.2. The van der Waals surface area contributed by atoms with E-state index in [4.69, 9.17) is 16.3 Å². The Morgan fingerprint density at radius 2 is 1.70 bits per heavy atom. The number of benzene rings is 2. The van der Waals surface area contributed by atoms with Crippen molar-refractivity contribution in [2.24, 2.45) is 0 Å². The van der Waals surface area contributed by atoms with Crippen molar-refractivity contribution in [2.45, 2.75) is 16.4 Å². The minimum Gasteiger partial charge on any atom is -0.451 e. The minimum absolute atomic E-state index is 0.111. The van der Waals surface area contributed by atoms with Gasteiger partial charge in [-0.05, 0) is 29.3 Å². The van der Waals surface area contributed by atoms with Crippen LogP contribution in [0.2, 0.25) is 0 Å². The summed E-state index contributed by atoms with van der Waals surface area (Å²) in [5.41, 5.74) is 3.13. The van der Waals surface area contributed by atoms with E-state index in [9.17, 15) is 9.59 Å². The number of thioether (sulfide) groups is 1. The number of esters is 1. The van der Waals surface area contributed by atoms with Crippen LogP contribution in [0.15, 0.2) is 90.6 Å². The van der Waals surface area contributed by atoms with Gasteiger partial charge in [-0.15, -0.1) is 23.4 Å². The van der Waals surface area contributed by atoms with Crippen molar-refractivity contribution in [3.63, 3.8) is 0 Å². The first kappa shape index (κ1) is 21.7. The van der Waals surface area contributed by atoms with Crippen LogP contribution in [-0.2, 0) is 14.3 Å². The molecule has 1 unspecified atom stereocenters. The summed E-state index contributed by atoms with van der Waals surface area (Å²) in [4.78, 5) is 30.7. The molecule has 2 aliphatic rings. The first-order chi connectivity index (χ1) is 16.0. The number of carbonyl (C=O) groups excluding carboxylic acids is 2. The van der Waals surface area contributed by atoms with Gasteiger partial charge < -0.3 is 9.64 Å². The molecule has 1 aromatic heterocycles. The molecule has 2 aliphatic heterocycles. The molecule has 2 aromatic carbocycles. The van der Waals surface area contributed by atoms with Crippen LogP contribution in [0.4, 0.5) is 0 Å². The van der Waals surface area contributed by atoms with Crippen molar-refractivity contribution in [1.29, 1.82) is 0 Å². The number of rotatable bonds is 5. The Morgan fingerprint density at radius 1 is 1.06 bits per heavy atom. The Balaban J connectivity index is 1.33. The fraction of sp³-hybridized carbons (Fsp3) is 0.192. The monoisotopic (exact) mass is 476 g/mol. The van der Waals surface area contributed by atoms with E-state index in [0.29, 0.717) is 11.3 Å². The maximum absolute atomic E-state index is 13.3. The smallest absolute Gasteiger partial charge is 0.330 e. The highest BCUT2D eigenvalue weighted by Gasteiger charge is 2.54. The number of carbonyl (C=O) groups is 2. The van der Waals surface area contributed by atoms with Crippen LogP contribution in [0.25, 0.3) is 6.08 Å². The van der Waals surface area contributed by atoms with Gasteiger partial charge in [-0.2, -0.15) is 0 Å². The zero-order chi connectivity index (χ0) is 22.8. The molecule has 166 valence electrons. The number of pyridine rings is 1. The summed E-state index contributed by atoms with van der Waals surface area (Å²) in [5, 5.41) is -0.127. The number of β-lactam (4-membered cyclic amide) rings is 1. The van der Waals surface area contributed by atoms with E-state index in [1.807, 2.05) is 78.9 Å². The van der Waals surface area contributed by atoms with Crippen LogP contribution in [0.1, 0.15) is 22.9 Å². The normalized spacial score (nSPS) is 23.2. The lowest BCUT2D eigenvalue weighted by Crippen LogP contribution is -2.64. The van der Waals surface area contributed by atoms with Gasteiger partial charge in [-0.3, -0.25) is 14.6 Å². The molecule has 2 fully saturated rings. The van der Waals surface area contributed by atoms with Crippen LogP contribution < -0.4 is 0 Å². The number of nitrogens with zero attached hydrogens (tertiary/aromatic N) is 2. The third-order valence-corrected chi connectivity index (χ3v) is 7.78. The van der Waals surface area contributed by atoms with Crippen molar-refractivity contribution >= 4 is 41.3 Å². The summed E-state index contributed by atoms with van der Waals surface area (Å²) >= 11 is 8.27. The summed E-state index contributed by atoms with van der Waals surface area (Å²) in [6.45, 7) is 0.111. The molecule has 7 heteroatoms. The zero-order valence-electron chi connectivity index (χ0n) is 17.6. The molecule has 3 aromatic rings. The fourth-order valence-corrected chi connectivity index (χ4v) is 5.71. The summed E-state index contributed by atoms with van der Waals surface area (Å²) in [5.74, 6) is -0.307. The van der Waals surface area contributed by atoms with E-state index in [0.717, 1.165) is 16.8 Å². The molecule has 0 bridgehead atoms. The maximum Gasteiger partial charge on any atom is 0.330 e. The second-order valence-electron chi connectivity index (χ2n) is 8.02. The van der Waals surface area contributed by atoms with E-state index < -0.39 is 16.9 Å². The highest BCUT2D eigenvalue weighted by Crippen LogP contribution is 2.45. The van der Waals surface area contributed by atoms with E-state index in [1.54, 1.807) is 17.2 Å². The fourth-order valence-electron chi connectivity index (χ4n) is 4.01. The highest BCUT2D eigenvalue weighted by molar-refractivity contribution is 8.00. The Hall–Kier alpha value is -3.09. The van der Waals surface area contributed by atoms with Crippen LogP contribution >= 0.6 is 23.4 Å². The van der Waals surface area contributed by atoms with E-state index in [-0.39, 0.29) is 17.8 Å².